The van der Waals surface area contributed by atoms with Gasteiger partial charge in [-0.15, -0.1) is 0 Å². The van der Waals surface area contributed by atoms with E-state index in [-0.39, 0.29) is 11.8 Å². The molecule has 2 amide bonds. The first kappa shape index (κ1) is 18.0. The fourth-order valence-corrected chi connectivity index (χ4v) is 3.42. The summed E-state index contributed by atoms with van der Waals surface area (Å²) in [7, 11) is 1.75. The van der Waals surface area contributed by atoms with Crippen LogP contribution in [0.1, 0.15) is 32.1 Å². The number of hydrogen-bond donors (Lipinski definition) is 0. The summed E-state index contributed by atoms with van der Waals surface area (Å²) in [6.07, 6.45) is 0. The van der Waals surface area contributed by atoms with Crippen LogP contribution < -0.4 is 0 Å². The van der Waals surface area contributed by atoms with Gasteiger partial charge in [-0.25, -0.2) is 0 Å². The van der Waals surface area contributed by atoms with Gasteiger partial charge in [-0.2, -0.15) is 5.10 Å². The number of aromatic nitrogens is 2. The topological polar surface area (TPSA) is 58.4 Å². The van der Waals surface area contributed by atoms with Crippen molar-refractivity contribution < 1.29 is 9.59 Å². The van der Waals surface area contributed by atoms with E-state index in [1.165, 1.54) is 0 Å². The Morgan fingerprint density at radius 1 is 1.00 bits per heavy atom. The zero-order valence-corrected chi connectivity index (χ0v) is 15.8. The number of fused-ring (bicyclic) bond motifs is 1. The Morgan fingerprint density at radius 3 is 2.32 bits per heavy atom. The molecule has 2 aromatic carbocycles. The molecule has 0 radical (unpaired) electrons. The molecule has 6 heteroatoms. The number of benzene rings is 2. The summed E-state index contributed by atoms with van der Waals surface area (Å²) in [6, 6.07) is 21.3. The maximum atomic E-state index is 12.9. The number of nitrogens with zero attached hydrogens (tertiary/aromatic N) is 4. The molecule has 0 bridgehead atoms. The van der Waals surface area contributed by atoms with E-state index >= 15 is 0 Å². The summed E-state index contributed by atoms with van der Waals surface area (Å²) >= 11 is 0. The molecule has 4 rings (SSSR count). The predicted molar refractivity (Wildman–Crippen MR) is 106 cm³/mol. The number of hydrogen-bond acceptors (Lipinski definition) is 3. The first-order valence-electron chi connectivity index (χ1n) is 9.32. The van der Waals surface area contributed by atoms with Crippen LogP contribution in [-0.4, -0.2) is 45.0 Å². The number of carbonyl (C=O) groups excluding carboxylic acids is 2. The van der Waals surface area contributed by atoms with Crippen molar-refractivity contribution in [3.05, 3.63) is 89.2 Å². The van der Waals surface area contributed by atoms with Crippen LogP contribution in [0.25, 0.3) is 0 Å². The Labute approximate surface area is 164 Å². The highest BCUT2D eigenvalue weighted by Gasteiger charge is 2.28. The summed E-state index contributed by atoms with van der Waals surface area (Å²) in [5, 5.41) is 4.38. The van der Waals surface area contributed by atoms with Gasteiger partial charge in [0.1, 0.15) is 5.69 Å². The lowest BCUT2D eigenvalue weighted by Gasteiger charge is -2.27. The Bertz CT molecular complexity index is 982. The molecule has 142 valence electrons. The highest BCUT2D eigenvalue weighted by molar-refractivity contribution is 5.98. The molecule has 6 nitrogen and oxygen atoms in total. The molecule has 0 N–H and O–H groups in total. The van der Waals surface area contributed by atoms with Gasteiger partial charge < -0.3 is 9.80 Å². The third-order valence-corrected chi connectivity index (χ3v) is 4.91. The number of carbonyl (C=O) groups is 2. The summed E-state index contributed by atoms with van der Waals surface area (Å²) in [4.78, 5) is 29.1. The average Bonchev–Trinajstić information content (AvgIpc) is 3.16. The van der Waals surface area contributed by atoms with Crippen LogP contribution in [0.4, 0.5) is 0 Å². The predicted octanol–water partition coefficient (Wildman–Crippen LogP) is 2.81. The summed E-state index contributed by atoms with van der Waals surface area (Å²) in [5.41, 5.74) is 2.91. The van der Waals surface area contributed by atoms with Crippen molar-refractivity contribution in [2.45, 2.75) is 19.6 Å². The number of amides is 2. The van der Waals surface area contributed by atoms with E-state index in [1.807, 2.05) is 60.7 Å². The van der Waals surface area contributed by atoms with Crippen LogP contribution >= 0.6 is 0 Å². The second-order valence-corrected chi connectivity index (χ2v) is 7.00. The van der Waals surface area contributed by atoms with Crippen LogP contribution in [-0.2, 0) is 19.6 Å². The summed E-state index contributed by atoms with van der Waals surface area (Å²) < 4.78 is 1.65. The molecule has 1 aromatic heterocycles. The minimum absolute atomic E-state index is 0.0904. The van der Waals surface area contributed by atoms with Crippen LogP contribution in [0.5, 0.6) is 0 Å². The monoisotopic (exact) mass is 374 g/mol. The minimum atomic E-state index is -0.187. The maximum Gasteiger partial charge on any atom is 0.274 e. The molecule has 0 aliphatic carbocycles. The van der Waals surface area contributed by atoms with E-state index in [9.17, 15) is 9.59 Å². The van der Waals surface area contributed by atoms with Gasteiger partial charge >= 0.3 is 0 Å². The molecular formula is C22H22N4O2. The largest absolute Gasteiger partial charge is 0.336 e. The Balaban J connectivity index is 1.48. The van der Waals surface area contributed by atoms with Crippen LogP contribution in [0.15, 0.2) is 66.7 Å². The summed E-state index contributed by atoms with van der Waals surface area (Å²) in [5.74, 6) is -0.277. The third kappa shape index (κ3) is 3.67. The van der Waals surface area contributed by atoms with Crippen molar-refractivity contribution in [2.24, 2.45) is 0 Å². The fraction of sp³-hybridized carbons (Fsp3) is 0.227. The highest BCUT2D eigenvalue weighted by atomic mass is 16.2. The standard InChI is InChI=1S/C22H22N4O2/c1-24(15-17-8-4-2-5-9-17)21(27)19-14-20-22(28)25(12-13-26(20)23-19)16-18-10-6-3-7-11-18/h2-11,14H,12-13,15-16H2,1H3. The van der Waals surface area contributed by atoms with Crippen molar-refractivity contribution in [3.63, 3.8) is 0 Å². The molecule has 2 heterocycles. The molecular weight excluding hydrogens is 352 g/mol. The molecule has 0 saturated heterocycles. The second-order valence-electron chi connectivity index (χ2n) is 7.00. The van der Waals surface area contributed by atoms with Gasteiger partial charge in [-0.05, 0) is 11.1 Å². The van der Waals surface area contributed by atoms with Gasteiger partial charge in [-0.3, -0.25) is 14.3 Å². The van der Waals surface area contributed by atoms with Crippen molar-refractivity contribution in [1.82, 2.24) is 19.6 Å². The third-order valence-electron chi connectivity index (χ3n) is 4.91. The van der Waals surface area contributed by atoms with E-state index in [0.29, 0.717) is 37.6 Å². The van der Waals surface area contributed by atoms with Gasteiger partial charge in [0, 0.05) is 32.7 Å². The van der Waals surface area contributed by atoms with Gasteiger partial charge in [0.15, 0.2) is 5.69 Å². The molecule has 0 unspecified atom stereocenters. The second kappa shape index (κ2) is 7.68. The van der Waals surface area contributed by atoms with E-state index < -0.39 is 0 Å². The number of rotatable bonds is 5. The fourth-order valence-electron chi connectivity index (χ4n) is 3.42. The molecule has 28 heavy (non-hydrogen) atoms. The molecule has 0 atom stereocenters. The van der Waals surface area contributed by atoms with Crippen molar-refractivity contribution >= 4 is 11.8 Å². The molecule has 3 aromatic rings. The Morgan fingerprint density at radius 2 is 1.64 bits per heavy atom. The smallest absolute Gasteiger partial charge is 0.274 e. The maximum absolute atomic E-state index is 12.9. The van der Waals surface area contributed by atoms with E-state index in [1.54, 1.807) is 27.6 Å². The van der Waals surface area contributed by atoms with Gasteiger partial charge in [0.05, 0.1) is 6.54 Å². The zero-order chi connectivity index (χ0) is 19.5. The van der Waals surface area contributed by atoms with Crippen LogP contribution in [0.3, 0.4) is 0 Å². The van der Waals surface area contributed by atoms with Gasteiger partial charge in [0.25, 0.3) is 11.8 Å². The van der Waals surface area contributed by atoms with Crippen molar-refractivity contribution in [2.75, 3.05) is 13.6 Å². The lowest BCUT2D eigenvalue weighted by Crippen LogP contribution is -2.39. The van der Waals surface area contributed by atoms with Crippen molar-refractivity contribution in [1.29, 1.82) is 0 Å². The highest BCUT2D eigenvalue weighted by Crippen LogP contribution is 2.18. The Kier molecular flexibility index (Phi) is 4.93. The molecule has 0 spiro atoms. The SMILES string of the molecule is CN(Cc1ccccc1)C(=O)c1cc2n(n1)CCN(Cc1ccccc1)C2=O. The summed E-state index contributed by atoms with van der Waals surface area (Å²) in [6.45, 7) is 2.22. The van der Waals surface area contributed by atoms with Gasteiger partial charge in [-0.1, -0.05) is 60.7 Å². The van der Waals surface area contributed by atoms with Crippen LogP contribution in [0, 0.1) is 0 Å². The lowest BCUT2D eigenvalue weighted by molar-refractivity contribution is 0.0682. The van der Waals surface area contributed by atoms with E-state index in [4.69, 9.17) is 0 Å². The van der Waals surface area contributed by atoms with Gasteiger partial charge in [0.2, 0.25) is 0 Å². The first-order valence-corrected chi connectivity index (χ1v) is 9.32. The minimum Gasteiger partial charge on any atom is -0.336 e. The molecule has 1 aliphatic rings. The normalized spacial score (nSPS) is 13.3. The van der Waals surface area contributed by atoms with E-state index in [2.05, 4.69) is 5.10 Å². The first-order chi connectivity index (χ1) is 13.6. The van der Waals surface area contributed by atoms with E-state index in [0.717, 1.165) is 11.1 Å². The Hall–Kier alpha value is -3.41. The molecule has 0 saturated carbocycles. The average molecular weight is 374 g/mol. The molecule has 0 fully saturated rings. The van der Waals surface area contributed by atoms with Crippen LogP contribution in [0.2, 0.25) is 0 Å². The zero-order valence-electron chi connectivity index (χ0n) is 15.8. The quantitative estimate of drug-likeness (QED) is 0.690. The molecule has 1 aliphatic heterocycles. The van der Waals surface area contributed by atoms with Crippen molar-refractivity contribution in [3.8, 4) is 0 Å². The lowest BCUT2D eigenvalue weighted by atomic mass is 10.2.